The van der Waals surface area contributed by atoms with Crippen molar-refractivity contribution in [2.24, 2.45) is 5.10 Å². The van der Waals surface area contributed by atoms with E-state index in [1.165, 1.54) is 6.21 Å². The molecule has 0 unspecified atom stereocenters. The first kappa shape index (κ1) is 20.6. The fraction of sp³-hybridized carbons (Fsp3) is 0.263. The van der Waals surface area contributed by atoms with Gasteiger partial charge in [0.25, 0.3) is 5.91 Å². The monoisotopic (exact) mass is 435 g/mol. The Labute approximate surface area is 166 Å². The minimum Gasteiger partial charge on any atom is -0.497 e. The summed E-state index contributed by atoms with van der Waals surface area (Å²) in [6, 6.07) is 10.4. The molecule has 1 atom stereocenters. The predicted octanol–water partition coefficient (Wildman–Crippen LogP) is 3.43. The van der Waals surface area contributed by atoms with Crippen LogP contribution in [0.25, 0.3) is 0 Å². The first-order valence-electron chi connectivity index (χ1n) is 8.13. The molecule has 0 saturated heterocycles. The number of hydrogen-bond acceptors (Lipinski definition) is 6. The third-order valence-electron chi connectivity index (χ3n) is 3.75. The molecule has 27 heavy (non-hydrogen) atoms. The number of hydrogen-bond donors (Lipinski definition) is 2. The first-order chi connectivity index (χ1) is 13.0. The molecule has 0 heterocycles. The van der Waals surface area contributed by atoms with Crippen LogP contribution in [0, 0.1) is 0 Å². The molecule has 2 aromatic rings. The minimum absolute atomic E-state index is 0.270. The third-order valence-corrected chi connectivity index (χ3v) is 4.37. The molecule has 0 aliphatic heterocycles. The molecule has 0 spiro atoms. The van der Waals surface area contributed by atoms with E-state index in [-0.39, 0.29) is 5.91 Å². The molecular formula is C19H22BrN3O4. The van der Waals surface area contributed by atoms with E-state index in [9.17, 15) is 4.79 Å². The molecule has 0 saturated carbocycles. The second kappa shape index (κ2) is 9.82. The average Bonchev–Trinajstić information content (AvgIpc) is 2.68. The van der Waals surface area contributed by atoms with Crippen LogP contribution in [0.15, 0.2) is 46.0 Å². The van der Waals surface area contributed by atoms with Crippen LogP contribution in [0.5, 0.6) is 17.2 Å². The highest BCUT2D eigenvalue weighted by Crippen LogP contribution is 2.31. The maximum absolute atomic E-state index is 12.2. The molecule has 7 nitrogen and oxygen atoms in total. The SMILES string of the molecule is COc1ccc(N[C@H](C)C(=O)N/N=C\c2cc(Br)c(OC)cc2OC)cc1. The quantitative estimate of drug-likeness (QED) is 0.490. The van der Waals surface area contributed by atoms with Crippen molar-refractivity contribution >= 4 is 33.7 Å². The second-order valence-electron chi connectivity index (χ2n) is 5.56. The summed E-state index contributed by atoms with van der Waals surface area (Å²) in [6.07, 6.45) is 1.51. The van der Waals surface area contributed by atoms with Crippen LogP contribution in [0.4, 0.5) is 5.69 Å². The highest BCUT2D eigenvalue weighted by molar-refractivity contribution is 9.10. The first-order valence-corrected chi connectivity index (χ1v) is 8.92. The Hall–Kier alpha value is -2.74. The molecule has 0 aromatic heterocycles. The van der Waals surface area contributed by atoms with Gasteiger partial charge >= 0.3 is 0 Å². The third kappa shape index (κ3) is 5.62. The Balaban J connectivity index is 1.98. The van der Waals surface area contributed by atoms with Gasteiger partial charge in [-0.2, -0.15) is 5.10 Å². The number of nitrogens with zero attached hydrogens (tertiary/aromatic N) is 1. The van der Waals surface area contributed by atoms with Crippen molar-refractivity contribution in [1.82, 2.24) is 5.43 Å². The van der Waals surface area contributed by atoms with Crippen LogP contribution in [0.2, 0.25) is 0 Å². The van der Waals surface area contributed by atoms with E-state index in [2.05, 4.69) is 31.8 Å². The molecule has 1 amide bonds. The number of nitrogens with one attached hydrogen (secondary N) is 2. The Bertz CT molecular complexity index is 809. The van der Waals surface area contributed by atoms with Gasteiger partial charge in [-0.25, -0.2) is 5.43 Å². The van der Waals surface area contributed by atoms with Crippen LogP contribution in [0.1, 0.15) is 12.5 Å². The van der Waals surface area contributed by atoms with E-state index in [0.717, 1.165) is 15.9 Å². The average molecular weight is 436 g/mol. The van der Waals surface area contributed by atoms with Gasteiger partial charge in [0.1, 0.15) is 23.3 Å². The summed E-state index contributed by atoms with van der Waals surface area (Å²) < 4.78 is 16.4. The molecular weight excluding hydrogens is 414 g/mol. The zero-order chi connectivity index (χ0) is 19.8. The summed E-state index contributed by atoms with van der Waals surface area (Å²) in [5, 5.41) is 7.11. The summed E-state index contributed by atoms with van der Waals surface area (Å²) >= 11 is 3.41. The number of carbonyl (C=O) groups is 1. The van der Waals surface area contributed by atoms with Crippen LogP contribution in [-0.4, -0.2) is 39.5 Å². The minimum atomic E-state index is -0.472. The van der Waals surface area contributed by atoms with Crippen LogP contribution in [-0.2, 0) is 4.79 Å². The fourth-order valence-electron chi connectivity index (χ4n) is 2.25. The number of benzene rings is 2. The van der Waals surface area contributed by atoms with Gasteiger partial charge in [0.05, 0.1) is 32.0 Å². The lowest BCUT2D eigenvalue weighted by Crippen LogP contribution is -2.34. The Kier molecular flexibility index (Phi) is 7.48. The van der Waals surface area contributed by atoms with Crippen molar-refractivity contribution in [2.75, 3.05) is 26.6 Å². The van der Waals surface area contributed by atoms with E-state index < -0.39 is 6.04 Å². The molecule has 2 N–H and O–H groups in total. The van der Waals surface area contributed by atoms with Gasteiger partial charge in [-0.1, -0.05) is 0 Å². The molecule has 0 aliphatic carbocycles. The van der Waals surface area contributed by atoms with Crippen LogP contribution < -0.4 is 25.0 Å². The van der Waals surface area contributed by atoms with Crippen molar-refractivity contribution in [1.29, 1.82) is 0 Å². The molecule has 8 heteroatoms. The highest BCUT2D eigenvalue weighted by Gasteiger charge is 2.12. The highest BCUT2D eigenvalue weighted by atomic mass is 79.9. The van der Waals surface area contributed by atoms with E-state index in [4.69, 9.17) is 14.2 Å². The number of carbonyl (C=O) groups excluding carboxylic acids is 1. The lowest BCUT2D eigenvalue weighted by molar-refractivity contribution is -0.121. The van der Waals surface area contributed by atoms with E-state index in [1.54, 1.807) is 40.4 Å². The lowest BCUT2D eigenvalue weighted by atomic mass is 10.2. The number of hydrazone groups is 1. The van der Waals surface area contributed by atoms with Gasteiger partial charge in [0.15, 0.2) is 0 Å². The molecule has 0 bridgehead atoms. The summed E-state index contributed by atoms with van der Waals surface area (Å²) in [4.78, 5) is 12.2. The Morgan fingerprint density at radius 1 is 1.07 bits per heavy atom. The van der Waals surface area contributed by atoms with Gasteiger partial charge < -0.3 is 19.5 Å². The van der Waals surface area contributed by atoms with Crippen molar-refractivity contribution < 1.29 is 19.0 Å². The van der Waals surface area contributed by atoms with Gasteiger partial charge in [0, 0.05) is 17.3 Å². The van der Waals surface area contributed by atoms with Crippen LogP contribution >= 0.6 is 15.9 Å². The number of ether oxygens (including phenoxy) is 3. The fourth-order valence-corrected chi connectivity index (χ4v) is 2.77. The van der Waals surface area contributed by atoms with Gasteiger partial charge in [0.2, 0.25) is 0 Å². The largest absolute Gasteiger partial charge is 0.497 e. The molecule has 2 rings (SSSR count). The summed E-state index contributed by atoms with van der Waals surface area (Å²) in [5.41, 5.74) is 4.02. The van der Waals surface area contributed by atoms with Crippen molar-refractivity contribution in [3.8, 4) is 17.2 Å². The number of rotatable bonds is 8. The van der Waals surface area contributed by atoms with Crippen molar-refractivity contribution in [3.05, 3.63) is 46.4 Å². The predicted molar refractivity (Wildman–Crippen MR) is 109 cm³/mol. The molecule has 0 radical (unpaired) electrons. The van der Waals surface area contributed by atoms with Gasteiger partial charge in [-0.05, 0) is 53.2 Å². The second-order valence-corrected chi connectivity index (χ2v) is 6.41. The molecule has 0 aliphatic rings. The topological polar surface area (TPSA) is 81.2 Å². The zero-order valence-corrected chi connectivity index (χ0v) is 17.2. The van der Waals surface area contributed by atoms with Crippen LogP contribution in [0.3, 0.4) is 0 Å². The molecule has 2 aromatic carbocycles. The molecule has 144 valence electrons. The number of amides is 1. The van der Waals surface area contributed by atoms with Crippen molar-refractivity contribution in [3.63, 3.8) is 0 Å². The summed E-state index contributed by atoms with van der Waals surface area (Å²) in [6.45, 7) is 1.75. The van der Waals surface area contributed by atoms with Gasteiger partial charge in [-0.3, -0.25) is 4.79 Å². The maximum atomic E-state index is 12.2. The van der Waals surface area contributed by atoms with E-state index in [0.29, 0.717) is 17.1 Å². The van der Waals surface area contributed by atoms with Crippen molar-refractivity contribution in [2.45, 2.75) is 13.0 Å². The lowest BCUT2D eigenvalue weighted by Gasteiger charge is -2.14. The standard InChI is InChI=1S/C19H22BrN3O4/c1-12(22-14-5-7-15(25-2)8-6-14)19(24)23-21-11-13-9-16(20)18(27-4)10-17(13)26-3/h5-12,22H,1-4H3,(H,23,24)/b21-11-/t12-/m1/s1. The Morgan fingerprint density at radius 2 is 1.74 bits per heavy atom. The van der Waals surface area contributed by atoms with Gasteiger partial charge in [-0.15, -0.1) is 0 Å². The Morgan fingerprint density at radius 3 is 2.33 bits per heavy atom. The maximum Gasteiger partial charge on any atom is 0.262 e. The number of halogens is 1. The van der Waals surface area contributed by atoms with E-state index >= 15 is 0 Å². The summed E-state index contributed by atoms with van der Waals surface area (Å²) in [5.74, 6) is 1.71. The zero-order valence-electron chi connectivity index (χ0n) is 15.6. The summed E-state index contributed by atoms with van der Waals surface area (Å²) in [7, 11) is 4.73. The number of methoxy groups -OCH3 is 3. The molecule has 0 fully saturated rings. The normalized spacial score (nSPS) is 11.7. The number of anilines is 1. The smallest absolute Gasteiger partial charge is 0.262 e. The van der Waals surface area contributed by atoms with E-state index in [1.807, 2.05) is 24.3 Å².